The number of carbonyl (C=O) groups is 1. The van der Waals surface area contributed by atoms with Gasteiger partial charge in [-0.05, 0) is 5.56 Å². The van der Waals surface area contributed by atoms with Crippen molar-refractivity contribution in [1.29, 1.82) is 0 Å². The smallest absolute Gasteiger partial charge is 0.271 e. The molecule has 0 spiro atoms. The van der Waals surface area contributed by atoms with Crippen molar-refractivity contribution in [1.82, 2.24) is 15.3 Å². The van der Waals surface area contributed by atoms with Crippen LogP contribution >= 0.6 is 0 Å². The third-order valence-corrected chi connectivity index (χ3v) is 2.72. The fourth-order valence-corrected chi connectivity index (χ4v) is 1.60. The third-order valence-electron chi connectivity index (χ3n) is 2.72. The average Bonchev–Trinajstić information content (AvgIpc) is 2.53. The van der Waals surface area contributed by atoms with Gasteiger partial charge in [0, 0.05) is 25.7 Å². The molecule has 0 aliphatic heterocycles. The lowest BCUT2D eigenvalue weighted by molar-refractivity contribution is -0.384. The lowest BCUT2D eigenvalue weighted by atomic mass is 10.2. The molecule has 0 radical (unpaired) electrons. The lowest BCUT2D eigenvalue weighted by Gasteiger charge is -2.05. The minimum absolute atomic E-state index is 0.0117. The van der Waals surface area contributed by atoms with Crippen LogP contribution in [-0.4, -0.2) is 27.8 Å². The van der Waals surface area contributed by atoms with Gasteiger partial charge in [0.25, 0.3) is 11.6 Å². The van der Waals surface area contributed by atoms with Gasteiger partial charge in [-0.15, -0.1) is 0 Å². The first kappa shape index (κ1) is 14.4. The summed E-state index contributed by atoms with van der Waals surface area (Å²) in [6.07, 6.45) is 2.87. The van der Waals surface area contributed by atoms with Crippen molar-refractivity contribution in [2.45, 2.75) is 6.54 Å². The predicted molar refractivity (Wildman–Crippen MR) is 75.8 cm³/mol. The molecule has 108 valence electrons. The Bertz CT molecular complexity index is 657. The van der Waals surface area contributed by atoms with Gasteiger partial charge in [0.2, 0.25) is 0 Å². The van der Waals surface area contributed by atoms with E-state index in [-0.39, 0.29) is 23.8 Å². The van der Waals surface area contributed by atoms with Crippen molar-refractivity contribution < 1.29 is 9.72 Å². The second kappa shape index (κ2) is 6.42. The second-order valence-electron chi connectivity index (χ2n) is 4.15. The van der Waals surface area contributed by atoms with E-state index in [1.165, 1.54) is 24.5 Å². The van der Waals surface area contributed by atoms with E-state index in [4.69, 9.17) is 0 Å². The molecule has 0 fully saturated rings. The highest BCUT2D eigenvalue weighted by Crippen LogP contribution is 2.11. The zero-order chi connectivity index (χ0) is 15.2. The Morgan fingerprint density at radius 2 is 2.00 bits per heavy atom. The van der Waals surface area contributed by atoms with Gasteiger partial charge in [-0.2, -0.15) is 0 Å². The van der Waals surface area contributed by atoms with Crippen molar-refractivity contribution >= 4 is 17.4 Å². The van der Waals surface area contributed by atoms with Crippen LogP contribution in [0.2, 0.25) is 0 Å². The van der Waals surface area contributed by atoms with Crippen LogP contribution in [0.4, 0.5) is 11.5 Å². The Hall–Kier alpha value is -3.03. The van der Waals surface area contributed by atoms with Gasteiger partial charge in [-0.3, -0.25) is 19.9 Å². The van der Waals surface area contributed by atoms with Gasteiger partial charge in [0.15, 0.2) is 0 Å². The summed E-state index contributed by atoms with van der Waals surface area (Å²) in [6.45, 7) is 0.252. The predicted octanol–water partition coefficient (Wildman–Crippen LogP) is 1.36. The number of carbonyl (C=O) groups excluding carboxylic acids is 1. The Kier molecular flexibility index (Phi) is 4.39. The number of rotatable bonds is 5. The van der Waals surface area contributed by atoms with Crippen LogP contribution in [0.3, 0.4) is 0 Å². The molecule has 2 aromatic rings. The Balaban J connectivity index is 1.98. The molecule has 0 saturated heterocycles. The molecule has 1 heterocycles. The third kappa shape index (κ3) is 3.72. The molecule has 8 nitrogen and oxygen atoms in total. The highest BCUT2D eigenvalue weighted by atomic mass is 16.6. The molecule has 0 bridgehead atoms. The molecule has 21 heavy (non-hydrogen) atoms. The van der Waals surface area contributed by atoms with Crippen molar-refractivity contribution in [3.8, 4) is 0 Å². The number of nitro benzene ring substituents is 1. The van der Waals surface area contributed by atoms with Crippen molar-refractivity contribution in [3.05, 3.63) is 58.0 Å². The Morgan fingerprint density at radius 3 is 2.62 bits per heavy atom. The highest BCUT2D eigenvalue weighted by molar-refractivity contribution is 5.92. The number of amides is 1. The van der Waals surface area contributed by atoms with Crippen molar-refractivity contribution in [2.75, 3.05) is 12.4 Å². The Morgan fingerprint density at radius 1 is 1.29 bits per heavy atom. The van der Waals surface area contributed by atoms with Gasteiger partial charge < -0.3 is 10.6 Å². The first-order valence-corrected chi connectivity index (χ1v) is 6.11. The minimum atomic E-state index is -0.471. The molecule has 0 aliphatic carbocycles. The van der Waals surface area contributed by atoms with Gasteiger partial charge in [0.1, 0.15) is 11.5 Å². The lowest BCUT2D eigenvalue weighted by Crippen LogP contribution is -2.24. The number of nitrogens with one attached hydrogen (secondary N) is 2. The van der Waals surface area contributed by atoms with Crippen LogP contribution < -0.4 is 10.6 Å². The number of non-ortho nitro benzene ring substituents is 1. The quantitative estimate of drug-likeness (QED) is 0.634. The topological polar surface area (TPSA) is 110 Å². The summed E-state index contributed by atoms with van der Waals surface area (Å²) in [4.78, 5) is 29.9. The van der Waals surface area contributed by atoms with E-state index in [1.54, 1.807) is 19.2 Å². The van der Waals surface area contributed by atoms with E-state index >= 15 is 0 Å². The average molecular weight is 287 g/mol. The summed E-state index contributed by atoms with van der Waals surface area (Å²) < 4.78 is 0. The summed E-state index contributed by atoms with van der Waals surface area (Å²) in [5.74, 6) is 0.135. The van der Waals surface area contributed by atoms with Gasteiger partial charge in [-0.1, -0.05) is 12.1 Å². The van der Waals surface area contributed by atoms with E-state index in [1.807, 2.05) is 0 Å². The highest BCUT2D eigenvalue weighted by Gasteiger charge is 2.09. The zero-order valence-corrected chi connectivity index (χ0v) is 11.2. The molecule has 1 amide bonds. The molecule has 8 heteroatoms. The molecule has 0 unspecified atom stereocenters. The van der Waals surface area contributed by atoms with E-state index in [2.05, 4.69) is 20.6 Å². The monoisotopic (exact) mass is 287 g/mol. The van der Waals surface area contributed by atoms with Crippen LogP contribution in [0.25, 0.3) is 0 Å². The largest absolute Gasteiger partial charge is 0.372 e. The fraction of sp³-hybridized carbons (Fsp3) is 0.154. The standard InChI is InChI=1S/C13H13N5O3/c1-14-12-8-15-7-11(17-12)13(19)16-6-9-2-4-10(5-3-9)18(20)21/h2-5,7-8H,6H2,1H3,(H,14,17)(H,16,19). The van der Waals surface area contributed by atoms with E-state index < -0.39 is 4.92 Å². The van der Waals surface area contributed by atoms with E-state index in [9.17, 15) is 14.9 Å². The summed E-state index contributed by atoms with van der Waals surface area (Å²) in [7, 11) is 1.68. The molecule has 0 aliphatic rings. The first-order valence-electron chi connectivity index (χ1n) is 6.11. The number of benzene rings is 1. The molecule has 2 rings (SSSR count). The number of aromatic nitrogens is 2. The molecule has 1 aromatic heterocycles. The number of anilines is 1. The van der Waals surface area contributed by atoms with Crippen LogP contribution in [-0.2, 0) is 6.54 Å². The van der Waals surface area contributed by atoms with Gasteiger partial charge >= 0.3 is 0 Å². The summed E-state index contributed by atoms with van der Waals surface area (Å²) in [5, 5.41) is 16.0. The summed E-state index contributed by atoms with van der Waals surface area (Å²) in [6, 6.07) is 5.97. The molecule has 0 atom stereocenters. The minimum Gasteiger partial charge on any atom is -0.372 e. The maximum absolute atomic E-state index is 11.9. The van der Waals surface area contributed by atoms with Crippen molar-refractivity contribution in [3.63, 3.8) is 0 Å². The molecule has 0 saturated carbocycles. The number of nitro groups is 1. The van der Waals surface area contributed by atoms with Crippen LogP contribution in [0.15, 0.2) is 36.7 Å². The number of hydrogen-bond acceptors (Lipinski definition) is 6. The molecule has 2 N–H and O–H groups in total. The first-order chi connectivity index (χ1) is 10.1. The van der Waals surface area contributed by atoms with Crippen LogP contribution in [0, 0.1) is 10.1 Å². The fourth-order valence-electron chi connectivity index (χ4n) is 1.60. The van der Waals surface area contributed by atoms with Gasteiger partial charge in [0.05, 0.1) is 17.3 Å². The number of hydrogen-bond donors (Lipinski definition) is 2. The molecular weight excluding hydrogens is 274 g/mol. The van der Waals surface area contributed by atoms with Gasteiger partial charge in [-0.25, -0.2) is 4.98 Å². The number of nitrogens with zero attached hydrogens (tertiary/aromatic N) is 3. The SMILES string of the molecule is CNc1cncc(C(=O)NCc2ccc([N+](=O)[O-])cc2)n1. The van der Waals surface area contributed by atoms with Crippen molar-refractivity contribution in [2.24, 2.45) is 0 Å². The van der Waals surface area contributed by atoms with Crippen LogP contribution in [0.1, 0.15) is 16.1 Å². The summed E-state index contributed by atoms with van der Waals surface area (Å²) in [5.41, 5.74) is 0.966. The summed E-state index contributed by atoms with van der Waals surface area (Å²) >= 11 is 0. The molecular formula is C13H13N5O3. The van der Waals surface area contributed by atoms with E-state index in [0.717, 1.165) is 5.56 Å². The normalized spacial score (nSPS) is 9.95. The van der Waals surface area contributed by atoms with Crippen LogP contribution in [0.5, 0.6) is 0 Å². The second-order valence-corrected chi connectivity index (χ2v) is 4.15. The molecule has 1 aromatic carbocycles. The zero-order valence-electron chi connectivity index (χ0n) is 11.2. The maximum atomic E-state index is 11.9. The Labute approximate surface area is 120 Å². The van der Waals surface area contributed by atoms with E-state index in [0.29, 0.717) is 5.82 Å². The maximum Gasteiger partial charge on any atom is 0.271 e.